The van der Waals surface area contributed by atoms with Crippen LogP contribution < -0.4 is 10.5 Å². The largest absolute Gasteiger partial charge is 0.504 e. The van der Waals surface area contributed by atoms with Crippen molar-refractivity contribution in [3.8, 4) is 11.5 Å². The number of nitrogens with one attached hydrogen (secondary N) is 1. The van der Waals surface area contributed by atoms with Crippen LogP contribution in [0.1, 0.15) is 24.0 Å². The minimum atomic E-state index is 0.173. The Morgan fingerprint density at radius 1 is 1.22 bits per heavy atom. The van der Waals surface area contributed by atoms with Gasteiger partial charge in [-0.25, -0.2) is 0 Å². The number of aromatic amines is 1. The summed E-state index contributed by atoms with van der Waals surface area (Å²) in [5.74, 6) is 0.914. The zero-order valence-electron chi connectivity index (χ0n) is 13.3. The highest BCUT2D eigenvalue weighted by molar-refractivity contribution is 5.83. The smallest absolute Gasteiger partial charge is 0.161 e. The third kappa shape index (κ3) is 3.17. The van der Waals surface area contributed by atoms with Gasteiger partial charge in [0.15, 0.2) is 11.5 Å². The molecule has 0 fully saturated rings. The van der Waals surface area contributed by atoms with Crippen molar-refractivity contribution in [1.29, 1.82) is 0 Å². The molecule has 120 valence electrons. The molecule has 2 aromatic carbocycles. The highest BCUT2D eigenvalue weighted by Gasteiger charge is 2.16. The van der Waals surface area contributed by atoms with Crippen molar-refractivity contribution in [3.05, 3.63) is 59.8 Å². The lowest BCUT2D eigenvalue weighted by Crippen LogP contribution is -2.14. The maximum Gasteiger partial charge on any atom is 0.161 e. The lowest BCUT2D eigenvalue weighted by Gasteiger charge is -2.15. The third-order valence-electron chi connectivity index (χ3n) is 4.15. The lowest BCUT2D eigenvalue weighted by molar-refractivity contribution is 0.317. The van der Waals surface area contributed by atoms with Crippen LogP contribution in [0.2, 0.25) is 0 Å². The number of ether oxygens (including phenoxy) is 1. The van der Waals surface area contributed by atoms with Crippen LogP contribution in [-0.4, -0.2) is 23.2 Å². The molecule has 1 unspecified atom stereocenters. The molecule has 0 aliphatic rings. The van der Waals surface area contributed by atoms with Gasteiger partial charge in [0.25, 0.3) is 0 Å². The average Bonchev–Trinajstić information content (AvgIpc) is 3.00. The maximum atomic E-state index is 9.83. The number of phenolic OH excluding ortho intramolecular Hbond substituents is 1. The van der Waals surface area contributed by atoms with Gasteiger partial charge in [-0.3, -0.25) is 0 Å². The minimum Gasteiger partial charge on any atom is -0.504 e. The summed E-state index contributed by atoms with van der Waals surface area (Å²) in [7, 11) is 0. The monoisotopic (exact) mass is 310 g/mol. The van der Waals surface area contributed by atoms with Gasteiger partial charge in [0.1, 0.15) is 0 Å². The van der Waals surface area contributed by atoms with E-state index in [0.29, 0.717) is 18.9 Å². The normalized spacial score (nSPS) is 12.4. The highest BCUT2D eigenvalue weighted by Crippen LogP contribution is 2.31. The first-order valence-electron chi connectivity index (χ1n) is 7.93. The van der Waals surface area contributed by atoms with Gasteiger partial charge in [0, 0.05) is 23.0 Å². The van der Waals surface area contributed by atoms with Gasteiger partial charge in [-0.15, -0.1) is 0 Å². The molecule has 3 rings (SSSR count). The molecule has 0 bridgehead atoms. The predicted octanol–water partition coefficient (Wildman–Crippen LogP) is 3.56. The van der Waals surface area contributed by atoms with E-state index < -0.39 is 0 Å². The van der Waals surface area contributed by atoms with E-state index in [9.17, 15) is 5.11 Å². The highest BCUT2D eigenvalue weighted by atomic mass is 16.5. The molecule has 4 heteroatoms. The summed E-state index contributed by atoms with van der Waals surface area (Å²) >= 11 is 0. The van der Waals surface area contributed by atoms with E-state index in [4.69, 9.17) is 10.5 Å². The molecule has 0 spiro atoms. The number of aromatic hydroxyl groups is 1. The summed E-state index contributed by atoms with van der Waals surface area (Å²) in [6, 6.07) is 13.8. The Bertz CT molecular complexity index is 795. The minimum absolute atomic E-state index is 0.173. The van der Waals surface area contributed by atoms with Crippen molar-refractivity contribution in [2.75, 3.05) is 13.2 Å². The molecular weight excluding hydrogens is 288 g/mol. The van der Waals surface area contributed by atoms with Crippen molar-refractivity contribution < 1.29 is 9.84 Å². The van der Waals surface area contributed by atoms with Gasteiger partial charge >= 0.3 is 0 Å². The van der Waals surface area contributed by atoms with E-state index in [0.717, 1.165) is 17.5 Å². The Labute approximate surface area is 135 Å². The molecule has 4 nitrogen and oxygen atoms in total. The van der Waals surface area contributed by atoms with Gasteiger partial charge in [-0.05, 0) is 49.2 Å². The molecule has 0 aliphatic carbocycles. The number of hydrogen-bond acceptors (Lipinski definition) is 3. The Balaban J connectivity index is 1.89. The summed E-state index contributed by atoms with van der Waals surface area (Å²) in [6.45, 7) is 2.99. The van der Waals surface area contributed by atoms with Crippen LogP contribution in [0.5, 0.6) is 11.5 Å². The summed E-state index contributed by atoms with van der Waals surface area (Å²) < 4.78 is 5.47. The zero-order chi connectivity index (χ0) is 16.2. The van der Waals surface area contributed by atoms with E-state index in [2.05, 4.69) is 17.1 Å². The molecule has 0 amide bonds. The first kappa shape index (κ1) is 15.4. The quantitative estimate of drug-likeness (QED) is 0.652. The molecular formula is C19H22N2O2. The number of para-hydroxylation sites is 1. The van der Waals surface area contributed by atoms with Crippen molar-refractivity contribution in [2.45, 2.75) is 19.3 Å². The van der Waals surface area contributed by atoms with Crippen molar-refractivity contribution in [1.82, 2.24) is 4.98 Å². The number of nitrogens with two attached hydrogens (primary N) is 1. The summed E-state index contributed by atoms with van der Waals surface area (Å²) in [5.41, 5.74) is 9.50. The Morgan fingerprint density at radius 3 is 2.83 bits per heavy atom. The Hall–Kier alpha value is -2.46. The van der Waals surface area contributed by atoms with E-state index in [1.165, 1.54) is 10.9 Å². The first-order chi connectivity index (χ1) is 11.2. The molecule has 23 heavy (non-hydrogen) atoms. The predicted molar refractivity (Wildman–Crippen MR) is 93.1 cm³/mol. The standard InChI is InChI=1S/C19H22N2O2/c1-2-23-19-10-13(7-8-18(19)22)9-14(11-20)16-12-21-17-6-4-3-5-15(16)17/h3-8,10,12,14,21-22H,2,9,11,20H2,1H3. The summed E-state index contributed by atoms with van der Waals surface area (Å²) in [4.78, 5) is 3.31. The van der Waals surface area contributed by atoms with E-state index in [-0.39, 0.29) is 11.7 Å². The van der Waals surface area contributed by atoms with Crippen molar-refractivity contribution in [2.24, 2.45) is 5.73 Å². The van der Waals surface area contributed by atoms with Crippen LogP contribution >= 0.6 is 0 Å². The van der Waals surface area contributed by atoms with Crippen LogP contribution in [0.25, 0.3) is 10.9 Å². The fourth-order valence-electron chi connectivity index (χ4n) is 2.99. The van der Waals surface area contributed by atoms with Gasteiger partial charge in [0.05, 0.1) is 6.61 Å². The molecule has 0 saturated carbocycles. The molecule has 1 atom stereocenters. The number of benzene rings is 2. The number of H-pyrrole nitrogens is 1. The Kier molecular flexibility index (Phi) is 4.53. The van der Waals surface area contributed by atoms with Crippen LogP contribution in [0.15, 0.2) is 48.7 Å². The number of hydrogen-bond donors (Lipinski definition) is 3. The van der Waals surface area contributed by atoms with Crippen LogP contribution in [0.4, 0.5) is 0 Å². The first-order valence-corrected chi connectivity index (χ1v) is 7.93. The van der Waals surface area contributed by atoms with Crippen LogP contribution in [-0.2, 0) is 6.42 Å². The van der Waals surface area contributed by atoms with E-state index >= 15 is 0 Å². The molecule has 0 saturated heterocycles. The molecule has 0 radical (unpaired) electrons. The Morgan fingerprint density at radius 2 is 2.04 bits per heavy atom. The number of aromatic nitrogens is 1. The third-order valence-corrected chi connectivity index (χ3v) is 4.15. The van der Waals surface area contributed by atoms with Gasteiger partial charge in [0.2, 0.25) is 0 Å². The molecule has 1 heterocycles. The van der Waals surface area contributed by atoms with Crippen molar-refractivity contribution >= 4 is 10.9 Å². The topological polar surface area (TPSA) is 71.3 Å². The van der Waals surface area contributed by atoms with Crippen LogP contribution in [0, 0.1) is 0 Å². The second-order valence-electron chi connectivity index (χ2n) is 5.66. The second kappa shape index (κ2) is 6.75. The number of fused-ring (bicyclic) bond motifs is 1. The van der Waals surface area contributed by atoms with Crippen LogP contribution in [0.3, 0.4) is 0 Å². The second-order valence-corrected chi connectivity index (χ2v) is 5.66. The fraction of sp³-hybridized carbons (Fsp3) is 0.263. The molecule has 4 N–H and O–H groups in total. The van der Waals surface area contributed by atoms with Gasteiger partial charge in [-0.2, -0.15) is 0 Å². The maximum absolute atomic E-state index is 9.83. The van der Waals surface area contributed by atoms with E-state index in [1.807, 2.05) is 37.4 Å². The number of phenols is 1. The SMILES string of the molecule is CCOc1cc(CC(CN)c2c[nH]c3ccccc23)ccc1O. The van der Waals surface area contributed by atoms with Gasteiger partial charge in [-0.1, -0.05) is 24.3 Å². The summed E-state index contributed by atoms with van der Waals surface area (Å²) in [5, 5.41) is 11.0. The van der Waals surface area contributed by atoms with Gasteiger partial charge < -0.3 is 20.6 Å². The average molecular weight is 310 g/mol. The number of rotatable bonds is 6. The lowest BCUT2D eigenvalue weighted by atomic mass is 9.91. The fourth-order valence-corrected chi connectivity index (χ4v) is 2.99. The van der Waals surface area contributed by atoms with E-state index in [1.54, 1.807) is 6.07 Å². The zero-order valence-corrected chi connectivity index (χ0v) is 13.3. The summed E-state index contributed by atoms with van der Waals surface area (Å²) in [6.07, 6.45) is 2.85. The molecule has 3 aromatic rings. The van der Waals surface area contributed by atoms with Crippen molar-refractivity contribution in [3.63, 3.8) is 0 Å². The molecule has 0 aliphatic heterocycles. The molecule has 1 aromatic heterocycles.